The van der Waals surface area contributed by atoms with Gasteiger partial charge in [0, 0.05) is 24.2 Å². The third kappa shape index (κ3) is 4.58. The number of piperazine rings is 1. The maximum absolute atomic E-state index is 12.8. The third-order valence-electron chi connectivity index (χ3n) is 4.75. The Balaban J connectivity index is 1.50. The highest BCUT2D eigenvalue weighted by molar-refractivity contribution is 7.89. The Labute approximate surface area is 184 Å². The standard InChI is InChI=1S/C21H19N5O5S/c27-17-5-1-3-14(9-17)20-23-11-16(12-24-20)25-21(29)15-4-2-6-18(10-15)32(30,31)26-8-7-22-19(28)13-26/h1-6,9-12,27H,7-8,13H2,(H,22,28)(H,25,29). The van der Waals surface area contributed by atoms with E-state index in [9.17, 15) is 23.1 Å². The molecule has 1 aliphatic rings. The van der Waals surface area contributed by atoms with Crippen LogP contribution in [0.4, 0.5) is 5.69 Å². The predicted octanol–water partition coefficient (Wildman–Crippen LogP) is 1.22. The van der Waals surface area contributed by atoms with Gasteiger partial charge in [-0.2, -0.15) is 4.31 Å². The van der Waals surface area contributed by atoms with E-state index in [1.807, 2.05) is 0 Å². The van der Waals surface area contributed by atoms with E-state index in [1.165, 1.54) is 48.8 Å². The number of nitrogens with one attached hydrogen (secondary N) is 2. The molecule has 1 aromatic heterocycles. The fraction of sp³-hybridized carbons (Fsp3) is 0.143. The minimum absolute atomic E-state index is 0.0738. The molecule has 11 heteroatoms. The number of hydrogen-bond acceptors (Lipinski definition) is 7. The van der Waals surface area contributed by atoms with Crippen molar-refractivity contribution in [2.75, 3.05) is 25.0 Å². The van der Waals surface area contributed by atoms with E-state index < -0.39 is 15.9 Å². The minimum Gasteiger partial charge on any atom is -0.508 e. The Hall–Kier alpha value is -3.83. The summed E-state index contributed by atoms with van der Waals surface area (Å²) in [6.07, 6.45) is 2.83. The van der Waals surface area contributed by atoms with Crippen molar-refractivity contribution in [3.63, 3.8) is 0 Å². The highest BCUT2D eigenvalue weighted by Gasteiger charge is 2.29. The predicted molar refractivity (Wildman–Crippen MR) is 115 cm³/mol. The molecule has 4 rings (SSSR count). The molecule has 32 heavy (non-hydrogen) atoms. The first-order valence-corrected chi connectivity index (χ1v) is 11.1. The lowest BCUT2D eigenvalue weighted by Gasteiger charge is -2.26. The average Bonchev–Trinajstić information content (AvgIpc) is 2.79. The van der Waals surface area contributed by atoms with Gasteiger partial charge in [-0.1, -0.05) is 18.2 Å². The zero-order chi connectivity index (χ0) is 22.7. The van der Waals surface area contributed by atoms with E-state index in [0.717, 1.165) is 4.31 Å². The van der Waals surface area contributed by atoms with Crippen molar-refractivity contribution < 1.29 is 23.1 Å². The van der Waals surface area contributed by atoms with Crippen molar-refractivity contribution in [1.82, 2.24) is 19.6 Å². The Kier molecular flexibility index (Phi) is 5.84. The number of carbonyl (C=O) groups is 2. The van der Waals surface area contributed by atoms with Gasteiger partial charge in [0.15, 0.2) is 5.82 Å². The number of rotatable bonds is 5. The molecule has 2 heterocycles. The minimum atomic E-state index is -3.92. The summed E-state index contributed by atoms with van der Waals surface area (Å²) in [5.74, 6) is -0.448. The van der Waals surface area contributed by atoms with Gasteiger partial charge >= 0.3 is 0 Å². The second kappa shape index (κ2) is 8.73. The first kappa shape index (κ1) is 21.4. The van der Waals surface area contributed by atoms with E-state index in [2.05, 4.69) is 20.6 Å². The van der Waals surface area contributed by atoms with Crippen LogP contribution in [0.15, 0.2) is 65.8 Å². The van der Waals surface area contributed by atoms with Gasteiger partial charge in [0.05, 0.1) is 29.5 Å². The number of anilines is 1. The summed E-state index contributed by atoms with van der Waals surface area (Å²) >= 11 is 0. The van der Waals surface area contributed by atoms with Crippen molar-refractivity contribution in [3.8, 4) is 17.1 Å². The van der Waals surface area contributed by atoms with Crippen LogP contribution < -0.4 is 10.6 Å². The zero-order valence-corrected chi connectivity index (χ0v) is 17.5. The molecule has 3 N–H and O–H groups in total. The monoisotopic (exact) mass is 453 g/mol. The summed E-state index contributed by atoms with van der Waals surface area (Å²) in [5.41, 5.74) is 1.07. The molecule has 164 valence electrons. The lowest BCUT2D eigenvalue weighted by atomic mass is 10.2. The van der Waals surface area contributed by atoms with Crippen LogP contribution in [-0.2, 0) is 14.8 Å². The van der Waals surface area contributed by atoms with Gasteiger partial charge in [0.2, 0.25) is 15.9 Å². The van der Waals surface area contributed by atoms with Gasteiger partial charge in [-0.15, -0.1) is 0 Å². The number of amides is 2. The van der Waals surface area contributed by atoms with Gasteiger partial charge in [0.25, 0.3) is 5.91 Å². The molecule has 1 aliphatic heterocycles. The number of benzene rings is 2. The van der Waals surface area contributed by atoms with Crippen LogP contribution in [0.1, 0.15) is 10.4 Å². The van der Waals surface area contributed by atoms with Crippen LogP contribution in [0.25, 0.3) is 11.4 Å². The molecule has 3 aromatic rings. The Morgan fingerprint density at radius 3 is 2.56 bits per heavy atom. The molecular weight excluding hydrogens is 434 g/mol. The maximum atomic E-state index is 12.8. The molecule has 0 bridgehead atoms. The van der Waals surface area contributed by atoms with Crippen LogP contribution in [0, 0.1) is 0 Å². The molecule has 10 nitrogen and oxygen atoms in total. The molecule has 2 aromatic carbocycles. The molecule has 2 amide bonds. The Morgan fingerprint density at radius 1 is 1.09 bits per heavy atom. The van der Waals surface area contributed by atoms with Crippen LogP contribution in [0.2, 0.25) is 0 Å². The van der Waals surface area contributed by atoms with Crippen molar-refractivity contribution in [1.29, 1.82) is 0 Å². The molecule has 0 atom stereocenters. The lowest BCUT2D eigenvalue weighted by Crippen LogP contribution is -2.49. The fourth-order valence-electron chi connectivity index (χ4n) is 3.16. The van der Waals surface area contributed by atoms with Gasteiger partial charge in [-0.05, 0) is 30.3 Å². The fourth-order valence-corrected chi connectivity index (χ4v) is 4.60. The topological polar surface area (TPSA) is 142 Å². The number of phenolic OH excluding ortho intramolecular Hbond substituents is 1. The highest BCUT2D eigenvalue weighted by Crippen LogP contribution is 2.21. The molecule has 0 spiro atoms. The van der Waals surface area contributed by atoms with Crippen molar-refractivity contribution >= 4 is 27.5 Å². The first-order chi connectivity index (χ1) is 15.3. The summed E-state index contributed by atoms with van der Waals surface area (Å²) in [5, 5.41) is 14.8. The van der Waals surface area contributed by atoms with E-state index in [4.69, 9.17) is 0 Å². The maximum Gasteiger partial charge on any atom is 0.255 e. The van der Waals surface area contributed by atoms with Gasteiger partial charge in [0.1, 0.15) is 5.75 Å². The molecular formula is C21H19N5O5S. The largest absolute Gasteiger partial charge is 0.508 e. The average molecular weight is 453 g/mol. The zero-order valence-electron chi connectivity index (χ0n) is 16.7. The number of phenols is 1. The van der Waals surface area contributed by atoms with Crippen LogP contribution in [0.5, 0.6) is 5.75 Å². The molecule has 0 saturated carbocycles. The Bertz CT molecular complexity index is 1280. The van der Waals surface area contributed by atoms with Crippen molar-refractivity contribution in [2.45, 2.75) is 4.90 Å². The third-order valence-corrected chi connectivity index (χ3v) is 6.59. The SMILES string of the molecule is O=C1CN(S(=O)(=O)c2cccc(C(=O)Nc3cnc(-c4cccc(O)c4)nc3)c2)CCN1. The molecule has 1 fully saturated rings. The molecule has 0 unspecified atom stereocenters. The summed E-state index contributed by atoms with van der Waals surface area (Å²) < 4.78 is 26.8. The normalized spacial score (nSPS) is 14.6. The van der Waals surface area contributed by atoms with E-state index in [1.54, 1.807) is 12.1 Å². The summed E-state index contributed by atoms with van der Waals surface area (Å²) in [6, 6.07) is 12.1. The van der Waals surface area contributed by atoms with Gasteiger partial charge < -0.3 is 15.7 Å². The van der Waals surface area contributed by atoms with Gasteiger partial charge in [-0.3, -0.25) is 9.59 Å². The number of aromatic nitrogens is 2. The van der Waals surface area contributed by atoms with E-state index >= 15 is 0 Å². The first-order valence-electron chi connectivity index (χ1n) is 9.63. The smallest absolute Gasteiger partial charge is 0.255 e. The van der Waals surface area contributed by atoms with Crippen molar-refractivity contribution in [3.05, 3.63) is 66.5 Å². The number of hydrogen-bond donors (Lipinski definition) is 3. The second-order valence-electron chi connectivity index (χ2n) is 7.02. The molecule has 1 saturated heterocycles. The highest BCUT2D eigenvalue weighted by atomic mass is 32.2. The summed E-state index contributed by atoms with van der Waals surface area (Å²) in [6.45, 7) is 0.131. The Morgan fingerprint density at radius 2 is 1.84 bits per heavy atom. The van der Waals surface area contributed by atoms with Crippen LogP contribution in [0.3, 0.4) is 0 Å². The lowest BCUT2D eigenvalue weighted by molar-refractivity contribution is -0.122. The second-order valence-corrected chi connectivity index (χ2v) is 8.95. The van der Waals surface area contributed by atoms with Gasteiger partial charge in [-0.25, -0.2) is 18.4 Å². The molecule has 0 aliphatic carbocycles. The quantitative estimate of drug-likeness (QED) is 0.527. The number of aromatic hydroxyl groups is 1. The van der Waals surface area contributed by atoms with Crippen molar-refractivity contribution in [2.24, 2.45) is 0 Å². The number of carbonyl (C=O) groups excluding carboxylic acids is 2. The van der Waals surface area contributed by atoms with E-state index in [0.29, 0.717) is 17.1 Å². The summed E-state index contributed by atoms with van der Waals surface area (Å²) in [4.78, 5) is 32.5. The van der Waals surface area contributed by atoms with E-state index in [-0.39, 0.29) is 41.7 Å². The van der Waals surface area contributed by atoms with Crippen LogP contribution >= 0.6 is 0 Å². The number of nitrogens with zero attached hydrogens (tertiary/aromatic N) is 3. The molecule has 0 radical (unpaired) electrons. The number of sulfonamides is 1. The van der Waals surface area contributed by atoms with Crippen LogP contribution in [-0.4, -0.2) is 59.2 Å². The summed E-state index contributed by atoms with van der Waals surface area (Å²) in [7, 11) is -3.92.